The highest BCUT2D eigenvalue weighted by Crippen LogP contribution is 2.01. The minimum Gasteiger partial charge on any atom is -0.480 e. The fourth-order valence-corrected chi connectivity index (χ4v) is 1.97. The number of hydrogen-bond acceptors (Lipinski definition) is 9. The molecule has 1 unspecified atom stereocenters. The Labute approximate surface area is 221 Å². The van der Waals surface area contributed by atoms with Gasteiger partial charge in [0.15, 0.2) is 0 Å². The van der Waals surface area contributed by atoms with Crippen molar-refractivity contribution in [3.63, 3.8) is 0 Å². The first-order chi connectivity index (χ1) is 17.7. The van der Waals surface area contributed by atoms with E-state index in [1.165, 1.54) is 12.8 Å². The summed E-state index contributed by atoms with van der Waals surface area (Å²) in [5, 5.41) is 33.0. The second-order valence-corrected chi connectivity index (χ2v) is 6.37. The van der Waals surface area contributed by atoms with Gasteiger partial charge >= 0.3 is 5.97 Å². The maximum Gasteiger partial charge on any atom is 0.322 e. The molecule has 1 atom stereocenters. The predicted octanol–water partition coefficient (Wildman–Crippen LogP) is -1.57. The lowest BCUT2D eigenvalue weighted by atomic mass is 10.1. The summed E-state index contributed by atoms with van der Waals surface area (Å²) in [5.74, 6) is -3.92. The average Bonchev–Trinajstić information content (AvgIpc) is 2.92. The maximum absolute atomic E-state index is 11.9. The summed E-state index contributed by atoms with van der Waals surface area (Å²) in [4.78, 5) is 56.5. The van der Waals surface area contributed by atoms with Crippen LogP contribution in [0, 0.1) is 0 Å². The number of carboxylic acids is 1. The zero-order valence-electron chi connectivity index (χ0n) is 23.4. The highest BCUT2D eigenvalue weighted by Gasteiger charge is 2.21. The van der Waals surface area contributed by atoms with Gasteiger partial charge in [0.2, 0.25) is 23.6 Å². The van der Waals surface area contributed by atoms with Gasteiger partial charge in [-0.3, -0.25) is 24.0 Å². The molecule has 0 heterocycles. The molecule has 0 aliphatic heterocycles. The third-order valence-electron chi connectivity index (χ3n) is 3.61. The van der Waals surface area contributed by atoms with Crippen molar-refractivity contribution in [2.24, 2.45) is 11.5 Å². The summed E-state index contributed by atoms with van der Waals surface area (Å²) >= 11 is 0. The molecule has 0 saturated heterocycles. The number of carbonyl (C=O) groups is 5. The Morgan fingerprint density at radius 2 is 1.22 bits per heavy atom. The Bertz CT molecular complexity index is 563. The van der Waals surface area contributed by atoms with Crippen LogP contribution in [0.2, 0.25) is 0 Å². The molecule has 37 heavy (non-hydrogen) atoms. The van der Waals surface area contributed by atoms with Crippen LogP contribution in [0.25, 0.3) is 0 Å². The van der Waals surface area contributed by atoms with E-state index in [9.17, 15) is 24.0 Å². The number of aliphatic carboxylic acids is 1. The van der Waals surface area contributed by atoms with Crippen LogP contribution in [0.1, 0.15) is 66.7 Å². The number of hydrogen-bond donors (Lipinski definition) is 9. The highest BCUT2D eigenvalue weighted by molar-refractivity contribution is 5.92. The Morgan fingerprint density at radius 1 is 0.730 bits per heavy atom. The van der Waals surface area contributed by atoms with Crippen molar-refractivity contribution in [1.29, 1.82) is 0 Å². The van der Waals surface area contributed by atoms with Gasteiger partial charge in [0.1, 0.15) is 19.2 Å². The van der Waals surface area contributed by atoms with Crippen molar-refractivity contribution in [3.8, 4) is 0 Å². The molecule has 0 spiro atoms. The highest BCUT2D eigenvalue weighted by atomic mass is 16.4. The van der Waals surface area contributed by atoms with E-state index in [-0.39, 0.29) is 6.42 Å². The fourth-order valence-electron chi connectivity index (χ4n) is 1.97. The van der Waals surface area contributed by atoms with Gasteiger partial charge in [-0.2, -0.15) is 0 Å². The van der Waals surface area contributed by atoms with Crippen molar-refractivity contribution < 1.29 is 39.3 Å². The number of nitrogens with one attached hydrogen (secondary N) is 4. The molecule has 0 aromatic carbocycles. The summed E-state index contributed by atoms with van der Waals surface area (Å²) in [5.41, 5.74) is 10.5. The Hall–Kier alpha value is -2.81. The van der Waals surface area contributed by atoms with Crippen LogP contribution in [0.3, 0.4) is 0 Å². The van der Waals surface area contributed by atoms with Gasteiger partial charge in [-0.25, -0.2) is 0 Å². The van der Waals surface area contributed by atoms with Crippen molar-refractivity contribution in [2.75, 3.05) is 46.4 Å². The molecule has 0 aromatic rings. The Balaban J connectivity index is -0.000000265. The summed E-state index contributed by atoms with van der Waals surface area (Å²) in [6.45, 7) is 9.20. The standard InChI is InChI=1S/C14H25N5O7.C4H11N.2C2H6.CH4O/c15-4-2-1-3-9(14(26)18-7-13(24)25)19-11(22)6-16-10(21)5-17-12(23)8-20;1-2-3-4-5;3*1-2/h9,20H,1-8,15H2,(H,16,21)(H,17,23)(H,18,26)(H,19,22)(H,24,25);2-5H2,1H3;2*1-2H3;2H,1H3. The lowest BCUT2D eigenvalue weighted by molar-refractivity contribution is -0.138. The summed E-state index contributed by atoms with van der Waals surface area (Å²) in [6.07, 6.45) is 3.81. The summed E-state index contributed by atoms with van der Waals surface area (Å²) < 4.78 is 0. The molecule has 0 saturated carbocycles. The summed E-state index contributed by atoms with van der Waals surface area (Å²) in [6, 6.07) is -0.959. The molecule has 14 heteroatoms. The number of carbonyl (C=O) groups excluding carboxylic acids is 4. The van der Waals surface area contributed by atoms with Crippen LogP contribution in [0.4, 0.5) is 0 Å². The largest absolute Gasteiger partial charge is 0.480 e. The average molecular weight is 541 g/mol. The van der Waals surface area contributed by atoms with Crippen molar-refractivity contribution in [1.82, 2.24) is 21.3 Å². The molecule has 0 aliphatic rings. The van der Waals surface area contributed by atoms with Crippen LogP contribution in [-0.4, -0.2) is 97.4 Å². The molecule has 14 nitrogen and oxygen atoms in total. The van der Waals surface area contributed by atoms with E-state index in [2.05, 4.69) is 28.2 Å². The normalized spacial score (nSPS) is 9.46. The predicted molar refractivity (Wildman–Crippen MR) is 143 cm³/mol. The minimum absolute atomic E-state index is 0.259. The molecular formula is C23H52N6O8. The zero-order valence-corrected chi connectivity index (χ0v) is 23.4. The van der Waals surface area contributed by atoms with E-state index in [4.69, 9.17) is 26.8 Å². The monoisotopic (exact) mass is 540 g/mol. The topological polar surface area (TPSA) is 246 Å². The van der Waals surface area contributed by atoms with Crippen LogP contribution in [0.15, 0.2) is 0 Å². The first-order valence-electron chi connectivity index (χ1n) is 12.5. The molecule has 0 aliphatic carbocycles. The quantitative estimate of drug-likeness (QED) is 0.108. The third kappa shape index (κ3) is 37.9. The van der Waals surface area contributed by atoms with Gasteiger partial charge in [0.25, 0.3) is 0 Å². The minimum atomic E-state index is -1.22. The number of carboxylic acid groups (broad SMARTS) is 1. The van der Waals surface area contributed by atoms with Crippen molar-refractivity contribution >= 4 is 29.6 Å². The van der Waals surface area contributed by atoms with Crippen LogP contribution < -0.4 is 32.7 Å². The van der Waals surface area contributed by atoms with Crippen LogP contribution in [0.5, 0.6) is 0 Å². The van der Waals surface area contributed by atoms with Gasteiger partial charge in [0.05, 0.1) is 13.1 Å². The SMILES string of the molecule is CC.CC.CCCCN.CO.NCCCCC(NC(=O)CNC(=O)CNC(=O)CO)C(=O)NCC(=O)O. The number of aliphatic hydroxyl groups is 2. The van der Waals surface area contributed by atoms with Crippen molar-refractivity contribution in [2.45, 2.75) is 72.8 Å². The maximum atomic E-state index is 11.9. The molecule has 0 aromatic heterocycles. The number of aliphatic hydroxyl groups excluding tert-OH is 2. The van der Waals surface area contributed by atoms with E-state index in [0.29, 0.717) is 19.4 Å². The second-order valence-electron chi connectivity index (χ2n) is 6.37. The van der Waals surface area contributed by atoms with E-state index in [0.717, 1.165) is 13.7 Å². The van der Waals surface area contributed by atoms with E-state index < -0.39 is 61.9 Å². The Kier molecular flexibility index (Phi) is 45.1. The molecule has 0 fully saturated rings. The van der Waals surface area contributed by atoms with Gasteiger partial charge in [-0.05, 0) is 38.8 Å². The molecule has 4 amide bonds. The van der Waals surface area contributed by atoms with Gasteiger partial charge < -0.3 is 48.1 Å². The lowest BCUT2D eigenvalue weighted by Gasteiger charge is -2.18. The smallest absolute Gasteiger partial charge is 0.322 e. The summed E-state index contributed by atoms with van der Waals surface area (Å²) in [7, 11) is 1.00. The number of unbranched alkanes of at least 4 members (excludes halogenated alkanes) is 2. The van der Waals surface area contributed by atoms with Gasteiger partial charge in [0, 0.05) is 7.11 Å². The van der Waals surface area contributed by atoms with E-state index >= 15 is 0 Å². The number of amides is 4. The molecule has 0 rings (SSSR count). The van der Waals surface area contributed by atoms with E-state index in [1.807, 2.05) is 27.7 Å². The zero-order chi connectivity index (χ0) is 30.1. The first kappa shape index (κ1) is 44.2. The number of rotatable bonds is 15. The van der Waals surface area contributed by atoms with Gasteiger partial charge in [-0.1, -0.05) is 41.0 Å². The molecule has 222 valence electrons. The second kappa shape index (κ2) is 37.7. The molecule has 11 N–H and O–H groups in total. The van der Waals surface area contributed by atoms with E-state index in [1.54, 1.807) is 0 Å². The number of nitrogens with two attached hydrogens (primary N) is 2. The van der Waals surface area contributed by atoms with Crippen LogP contribution in [-0.2, 0) is 24.0 Å². The van der Waals surface area contributed by atoms with Gasteiger partial charge in [-0.15, -0.1) is 0 Å². The van der Waals surface area contributed by atoms with Crippen molar-refractivity contribution in [3.05, 3.63) is 0 Å². The fraction of sp³-hybridized carbons (Fsp3) is 0.783. The van der Waals surface area contributed by atoms with Crippen LogP contribution >= 0.6 is 0 Å². The lowest BCUT2D eigenvalue weighted by Crippen LogP contribution is -2.50. The third-order valence-corrected chi connectivity index (χ3v) is 3.61. The Morgan fingerprint density at radius 3 is 1.62 bits per heavy atom. The molecule has 0 bridgehead atoms. The molecule has 0 radical (unpaired) electrons. The molecular weight excluding hydrogens is 488 g/mol. The first-order valence-corrected chi connectivity index (χ1v) is 12.5.